The Balaban J connectivity index is 2.48. The van der Waals surface area contributed by atoms with E-state index >= 15 is 0 Å². The van der Waals surface area contributed by atoms with Crippen LogP contribution in [0.4, 0.5) is 0 Å². The molecule has 0 spiro atoms. The summed E-state index contributed by atoms with van der Waals surface area (Å²) in [4.78, 5) is 15.5. The number of carbonyl (C=O) groups is 1. The third kappa shape index (κ3) is 3.38. The molecule has 0 aliphatic rings. The van der Waals surface area contributed by atoms with Crippen LogP contribution in [0.15, 0.2) is 10.7 Å². The number of oxazole rings is 1. The average molecular weight is 210 g/mol. The van der Waals surface area contributed by atoms with E-state index in [4.69, 9.17) is 4.42 Å². The first-order valence-corrected chi connectivity index (χ1v) is 5.22. The van der Waals surface area contributed by atoms with Crippen molar-refractivity contribution in [2.45, 2.75) is 40.2 Å². The first kappa shape index (κ1) is 11.8. The first-order valence-electron chi connectivity index (χ1n) is 5.22. The van der Waals surface area contributed by atoms with E-state index < -0.39 is 0 Å². The highest BCUT2D eigenvalue weighted by Gasteiger charge is 2.10. The van der Waals surface area contributed by atoms with Gasteiger partial charge >= 0.3 is 0 Å². The summed E-state index contributed by atoms with van der Waals surface area (Å²) in [6.07, 6.45) is 1.59. The molecule has 4 heteroatoms. The zero-order chi connectivity index (χ0) is 11.4. The van der Waals surface area contributed by atoms with Gasteiger partial charge in [0.05, 0.1) is 12.2 Å². The fourth-order valence-electron chi connectivity index (χ4n) is 1.05. The molecule has 1 N–H and O–H groups in total. The molecule has 0 bridgehead atoms. The maximum Gasteiger partial charge on any atom is 0.222 e. The van der Waals surface area contributed by atoms with Gasteiger partial charge in [0.25, 0.3) is 0 Å². The van der Waals surface area contributed by atoms with Crippen LogP contribution >= 0.6 is 0 Å². The number of nitrogens with zero attached hydrogens (tertiary/aromatic N) is 1. The van der Waals surface area contributed by atoms with Crippen molar-refractivity contribution in [1.29, 1.82) is 0 Å². The third-order valence-corrected chi connectivity index (χ3v) is 2.03. The predicted octanol–water partition coefficient (Wildman–Crippen LogP) is 2.07. The number of rotatable bonds is 4. The summed E-state index contributed by atoms with van der Waals surface area (Å²) < 4.78 is 5.26. The Morgan fingerprint density at radius 2 is 2.13 bits per heavy atom. The summed E-state index contributed by atoms with van der Waals surface area (Å²) in [5.41, 5.74) is 0.771. The second-order valence-corrected chi connectivity index (χ2v) is 4.20. The lowest BCUT2D eigenvalue weighted by atomic mass is 10.2. The van der Waals surface area contributed by atoms with Crippen LogP contribution in [0.3, 0.4) is 0 Å². The summed E-state index contributed by atoms with van der Waals surface area (Å²) in [6.45, 7) is 8.19. The van der Waals surface area contributed by atoms with Gasteiger partial charge in [0.2, 0.25) is 5.91 Å². The van der Waals surface area contributed by atoms with E-state index in [1.807, 2.05) is 27.7 Å². The second kappa shape index (κ2) is 4.96. The minimum Gasteiger partial charge on any atom is -0.448 e. The molecule has 0 atom stereocenters. The van der Waals surface area contributed by atoms with E-state index in [1.54, 1.807) is 6.26 Å². The third-order valence-electron chi connectivity index (χ3n) is 2.03. The van der Waals surface area contributed by atoms with Gasteiger partial charge in [0.1, 0.15) is 6.26 Å². The lowest BCUT2D eigenvalue weighted by Gasteiger charge is -2.04. The Kier molecular flexibility index (Phi) is 3.88. The van der Waals surface area contributed by atoms with Crippen molar-refractivity contribution < 1.29 is 9.21 Å². The molecule has 1 aromatic heterocycles. The van der Waals surface area contributed by atoms with Crippen LogP contribution in [0, 0.1) is 5.92 Å². The molecular weight excluding hydrogens is 192 g/mol. The van der Waals surface area contributed by atoms with Crippen LogP contribution in [0.25, 0.3) is 0 Å². The summed E-state index contributed by atoms with van der Waals surface area (Å²) >= 11 is 0. The normalized spacial score (nSPS) is 11.1. The highest BCUT2D eigenvalue weighted by Crippen LogP contribution is 2.12. The van der Waals surface area contributed by atoms with Gasteiger partial charge < -0.3 is 9.73 Å². The van der Waals surface area contributed by atoms with Gasteiger partial charge in [-0.15, -0.1) is 0 Å². The first-order chi connectivity index (χ1) is 7.00. The quantitative estimate of drug-likeness (QED) is 0.827. The molecular formula is C11H18N2O2. The smallest absolute Gasteiger partial charge is 0.222 e. The topological polar surface area (TPSA) is 55.1 Å². The van der Waals surface area contributed by atoms with Gasteiger partial charge in [-0.3, -0.25) is 4.79 Å². The fourth-order valence-corrected chi connectivity index (χ4v) is 1.05. The van der Waals surface area contributed by atoms with Gasteiger partial charge in [0, 0.05) is 11.8 Å². The lowest BCUT2D eigenvalue weighted by Crippen LogP contribution is -2.27. The molecule has 0 unspecified atom stereocenters. The highest BCUT2D eigenvalue weighted by molar-refractivity contribution is 5.77. The number of hydrogen-bond donors (Lipinski definition) is 1. The van der Waals surface area contributed by atoms with E-state index in [2.05, 4.69) is 10.3 Å². The second-order valence-electron chi connectivity index (χ2n) is 4.20. The summed E-state index contributed by atoms with van der Waals surface area (Å²) in [5, 5.41) is 2.79. The molecule has 84 valence electrons. The van der Waals surface area contributed by atoms with Crippen molar-refractivity contribution in [3.63, 3.8) is 0 Å². The van der Waals surface area contributed by atoms with Crippen LogP contribution in [0.1, 0.15) is 45.2 Å². The highest BCUT2D eigenvalue weighted by atomic mass is 16.3. The van der Waals surface area contributed by atoms with Crippen molar-refractivity contribution in [2.24, 2.45) is 5.92 Å². The average Bonchev–Trinajstić information content (AvgIpc) is 2.62. The standard InChI is InChI=1S/C11H18N2O2/c1-7(2)10(14)12-5-9-6-15-11(13-9)8(3)4/h6-8H,5H2,1-4H3,(H,12,14). The van der Waals surface area contributed by atoms with Crippen molar-refractivity contribution in [3.8, 4) is 0 Å². The van der Waals surface area contributed by atoms with Crippen molar-refractivity contribution in [1.82, 2.24) is 10.3 Å². The largest absolute Gasteiger partial charge is 0.448 e. The van der Waals surface area contributed by atoms with Crippen molar-refractivity contribution in [2.75, 3.05) is 0 Å². The molecule has 1 rings (SSSR count). The van der Waals surface area contributed by atoms with Gasteiger partial charge in [-0.05, 0) is 0 Å². The molecule has 0 aliphatic heterocycles. The van der Waals surface area contributed by atoms with Crippen LogP contribution < -0.4 is 5.32 Å². The van der Waals surface area contributed by atoms with E-state index in [-0.39, 0.29) is 17.7 Å². The molecule has 0 aromatic carbocycles. The molecule has 0 aliphatic carbocycles. The number of hydrogen-bond acceptors (Lipinski definition) is 3. The van der Waals surface area contributed by atoms with Crippen LogP contribution in [0.5, 0.6) is 0 Å². The van der Waals surface area contributed by atoms with Gasteiger partial charge in [0.15, 0.2) is 5.89 Å². The van der Waals surface area contributed by atoms with E-state index in [1.165, 1.54) is 0 Å². The Morgan fingerprint density at radius 1 is 1.47 bits per heavy atom. The van der Waals surface area contributed by atoms with E-state index in [9.17, 15) is 4.79 Å². The Hall–Kier alpha value is -1.32. The molecule has 15 heavy (non-hydrogen) atoms. The monoisotopic (exact) mass is 210 g/mol. The molecule has 0 radical (unpaired) electrons. The maximum absolute atomic E-state index is 11.3. The summed E-state index contributed by atoms with van der Waals surface area (Å²) in [7, 11) is 0. The van der Waals surface area contributed by atoms with Gasteiger partial charge in [-0.1, -0.05) is 27.7 Å². The summed E-state index contributed by atoms with van der Waals surface area (Å²) in [5.74, 6) is 1.02. The number of aromatic nitrogens is 1. The van der Waals surface area contributed by atoms with Crippen molar-refractivity contribution in [3.05, 3.63) is 17.8 Å². The Bertz CT molecular complexity index is 329. The van der Waals surface area contributed by atoms with E-state index in [0.717, 1.165) is 5.69 Å². The molecule has 4 nitrogen and oxygen atoms in total. The fraction of sp³-hybridized carbons (Fsp3) is 0.636. The molecule has 0 saturated carbocycles. The van der Waals surface area contributed by atoms with Crippen LogP contribution in [-0.2, 0) is 11.3 Å². The zero-order valence-electron chi connectivity index (χ0n) is 9.70. The van der Waals surface area contributed by atoms with Crippen LogP contribution in [-0.4, -0.2) is 10.9 Å². The molecule has 1 amide bonds. The predicted molar refractivity (Wildman–Crippen MR) is 57.3 cm³/mol. The van der Waals surface area contributed by atoms with Gasteiger partial charge in [-0.2, -0.15) is 0 Å². The SMILES string of the molecule is CC(C)C(=O)NCc1coc(C(C)C)n1. The molecule has 1 heterocycles. The number of carbonyl (C=O) groups excluding carboxylic acids is 1. The minimum atomic E-state index is 0.00136. The minimum absolute atomic E-state index is 0.00136. The lowest BCUT2D eigenvalue weighted by molar-refractivity contribution is -0.124. The number of amides is 1. The van der Waals surface area contributed by atoms with E-state index in [0.29, 0.717) is 12.4 Å². The Labute approximate surface area is 90.1 Å². The number of nitrogens with one attached hydrogen (secondary N) is 1. The Morgan fingerprint density at radius 3 is 2.60 bits per heavy atom. The molecule has 0 fully saturated rings. The van der Waals surface area contributed by atoms with Crippen LogP contribution in [0.2, 0.25) is 0 Å². The van der Waals surface area contributed by atoms with Gasteiger partial charge in [-0.25, -0.2) is 4.98 Å². The van der Waals surface area contributed by atoms with Crippen molar-refractivity contribution >= 4 is 5.91 Å². The summed E-state index contributed by atoms with van der Waals surface area (Å²) in [6, 6.07) is 0. The molecule has 1 aromatic rings. The zero-order valence-corrected chi connectivity index (χ0v) is 9.70. The maximum atomic E-state index is 11.3. The molecule has 0 saturated heterocycles.